The first-order valence-electron chi connectivity index (χ1n) is 10.1. The van der Waals surface area contributed by atoms with Crippen LogP contribution in [-0.4, -0.2) is 51.9 Å². The van der Waals surface area contributed by atoms with Gasteiger partial charge in [-0.2, -0.15) is 4.31 Å². The predicted octanol–water partition coefficient (Wildman–Crippen LogP) is 3.64. The van der Waals surface area contributed by atoms with Gasteiger partial charge in [-0.15, -0.1) is 0 Å². The zero-order chi connectivity index (χ0) is 23.7. The van der Waals surface area contributed by atoms with E-state index in [4.69, 9.17) is 11.6 Å². The van der Waals surface area contributed by atoms with E-state index in [1.165, 1.54) is 39.5 Å². The summed E-state index contributed by atoms with van der Waals surface area (Å²) in [5, 5.41) is 1.55. The number of hydrogen-bond acceptors (Lipinski definition) is 5. The zero-order valence-electron chi connectivity index (χ0n) is 18.0. The number of aryl methyl sites for hydroxylation is 1. The highest BCUT2D eigenvalue weighted by atomic mass is 35.5. The van der Waals surface area contributed by atoms with Crippen LogP contribution < -0.4 is 4.90 Å². The molecule has 0 saturated heterocycles. The molecule has 1 aliphatic heterocycles. The maximum atomic E-state index is 13.4. The molecule has 7 nitrogen and oxygen atoms in total. The standard InChI is InChI=1S/C22H25ClN2O5S2/c1-4-24(5-2)32(29,30)20-10-7-17(8-11-20)22(26)25(19-12-13-31(27,28)15-19)18-9-6-16(3)21(23)14-18/h6-14,19H,4-5,15H2,1-3H3/t19-/m0/s1. The van der Waals surface area contributed by atoms with Crippen molar-refractivity contribution in [1.82, 2.24) is 4.31 Å². The number of hydrogen-bond donors (Lipinski definition) is 0. The smallest absolute Gasteiger partial charge is 0.258 e. The molecule has 0 saturated carbocycles. The Morgan fingerprint density at radius 1 is 1.09 bits per heavy atom. The van der Waals surface area contributed by atoms with E-state index >= 15 is 0 Å². The van der Waals surface area contributed by atoms with Gasteiger partial charge in [-0.05, 0) is 55.0 Å². The van der Waals surface area contributed by atoms with Crippen LogP contribution in [0.1, 0.15) is 29.8 Å². The lowest BCUT2D eigenvalue weighted by atomic mass is 10.1. The molecule has 0 fully saturated rings. The molecule has 0 N–H and O–H groups in total. The molecular formula is C22H25ClN2O5S2. The minimum atomic E-state index is -3.66. The summed E-state index contributed by atoms with van der Waals surface area (Å²) in [4.78, 5) is 14.9. The molecule has 0 aliphatic carbocycles. The molecular weight excluding hydrogens is 472 g/mol. The Morgan fingerprint density at radius 3 is 2.22 bits per heavy atom. The zero-order valence-corrected chi connectivity index (χ0v) is 20.4. The summed E-state index contributed by atoms with van der Waals surface area (Å²) in [5.41, 5.74) is 1.51. The average Bonchev–Trinajstić information content (AvgIpc) is 3.10. The Morgan fingerprint density at radius 2 is 1.72 bits per heavy atom. The fraction of sp³-hybridized carbons (Fsp3) is 0.318. The number of anilines is 1. The fourth-order valence-corrected chi connectivity index (χ4v) is 6.43. The van der Waals surface area contributed by atoms with Crippen molar-refractivity contribution >= 4 is 43.1 Å². The summed E-state index contributed by atoms with van der Waals surface area (Å²) < 4.78 is 50.8. The van der Waals surface area contributed by atoms with Gasteiger partial charge in [0, 0.05) is 34.8 Å². The van der Waals surface area contributed by atoms with Crippen LogP contribution in [0.2, 0.25) is 5.02 Å². The van der Waals surface area contributed by atoms with Gasteiger partial charge in [0.15, 0.2) is 9.84 Å². The predicted molar refractivity (Wildman–Crippen MR) is 126 cm³/mol. The van der Waals surface area contributed by atoms with Gasteiger partial charge in [-0.25, -0.2) is 16.8 Å². The van der Waals surface area contributed by atoms with E-state index in [1.54, 1.807) is 32.0 Å². The van der Waals surface area contributed by atoms with Crippen molar-refractivity contribution in [2.75, 3.05) is 23.7 Å². The first kappa shape index (κ1) is 24.4. The van der Waals surface area contributed by atoms with Gasteiger partial charge in [0.05, 0.1) is 16.7 Å². The first-order chi connectivity index (χ1) is 15.0. The van der Waals surface area contributed by atoms with Gasteiger partial charge in [0.2, 0.25) is 10.0 Å². The van der Waals surface area contributed by atoms with E-state index in [-0.39, 0.29) is 16.2 Å². The number of nitrogens with zero attached hydrogens (tertiary/aromatic N) is 2. The van der Waals surface area contributed by atoms with Crippen LogP contribution in [0.4, 0.5) is 5.69 Å². The van der Waals surface area contributed by atoms with Crippen molar-refractivity contribution < 1.29 is 21.6 Å². The summed E-state index contributed by atoms with van der Waals surface area (Å²) in [6, 6.07) is 10.0. The van der Waals surface area contributed by atoms with E-state index in [0.29, 0.717) is 23.8 Å². The molecule has 2 aromatic carbocycles. The van der Waals surface area contributed by atoms with Crippen LogP contribution in [0.15, 0.2) is 58.8 Å². The molecule has 1 aliphatic rings. The van der Waals surface area contributed by atoms with Crippen LogP contribution in [0, 0.1) is 6.92 Å². The summed E-state index contributed by atoms with van der Waals surface area (Å²) in [6.45, 7) is 6.01. The van der Waals surface area contributed by atoms with Crippen LogP contribution in [0.3, 0.4) is 0 Å². The number of sulfone groups is 1. The van der Waals surface area contributed by atoms with Gasteiger partial charge in [-0.1, -0.05) is 31.5 Å². The topological polar surface area (TPSA) is 91.8 Å². The normalized spacial score (nSPS) is 17.6. The Bertz CT molecular complexity index is 1250. The molecule has 32 heavy (non-hydrogen) atoms. The SMILES string of the molecule is CCN(CC)S(=O)(=O)c1ccc(C(=O)N(c2ccc(C)c(Cl)c2)[C@H]2C=CS(=O)(=O)C2)cc1. The van der Waals surface area contributed by atoms with Crippen molar-refractivity contribution in [3.8, 4) is 0 Å². The third kappa shape index (κ3) is 4.91. The number of halogens is 1. The highest BCUT2D eigenvalue weighted by molar-refractivity contribution is 7.94. The second-order valence-corrected chi connectivity index (χ2v) is 11.7. The second kappa shape index (κ2) is 9.35. The summed E-state index contributed by atoms with van der Waals surface area (Å²) in [7, 11) is -7.07. The van der Waals surface area contributed by atoms with Crippen molar-refractivity contribution in [3.05, 3.63) is 70.1 Å². The number of carbonyl (C=O) groups excluding carboxylic acids is 1. The molecule has 0 bridgehead atoms. The van der Waals surface area contributed by atoms with Crippen molar-refractivity contribution in [3.63, 3.8) is 0 Å². The number of amides is 1. The molecule has 0 radical (unpaired) electrons. The minimum absolute atomic E-state index is 0.0889. The third-order valence-electron chi connectivity index (χ3n) is 5.34. The highest BCUT2D eigenvalue weighted by Crippen LogP contribution is 2.29. The summed E-state index contributed by atoms with van der Waals surface area (Å²) >= 11 is 6.25. The Hall–Kier alpha value is -2.20. The number of carbonyl (C=O) groups is 1. The molecule has 2 aromatic rings. The summed E-state index contributed by atoms with van der Waals surface area (Å²) in [6.07, 6.45) is 1.47. The first-order valence-corrected chi connectivity index (χ1v) is 13.6. The largest absolute Gasteiger partial charge is 0.300 e. The number of rotatable bonds is 7. The van der Waals surface area contributed by atoms with Crippen molar-refractivity contribution in [1.29, 1.82) is 0 Å². The van der Waals surface area contributed by atoms with E-state index in [2.05, 4.69) is 0 Å². The van der Waals surface area contributed by atoms with Gasteiger partial charge < -0.3 is 4.90 Å². The second-order valence-electron chi connectivity index (χ2n) is 7.45. The molecule has 10 heteroatoms. The molecule has 1 amide bonds. The molecule has 0 unspecified atom stereocenters. The van der Waals surface area contributed by atoms with Gasteiger partial charge >= 0.3 is 0 Å². The Kier molecular flexibility index (Phi) is 7.14. The quantitative estimate of drug-likeness (QED) is 0.583. The molecule has 0 aromatic heterocycles. The maximum absolute atomic E-state index is 13.4. The van der Waals surface area contributed by atoms with Crippen molar-refractivity contribution in [2.45, 2.75) is 31.7 Å². The van der Waals surface area contributed by atoms with Gasteiger partial charge in [-0.3, -0.25) is 4.79 Å². The minimum Gasteiger partial charge on any atom is -0.300 e. The lowest BCUT2D eigenvalue weighted by Gasteiger charge is -2.28. The van der Waals surface area contributed by atoms with Gasteiger partial charge in [0.1, 0.15) is 0 Å². The monoisotopic (exact) mass is 496 g/mol. The average molecular weight is 497 g/mol. The van der Waals surface area contributed by atoms with Crippen LogP contribution in [-0.2, 0) is 19.9 Å². The Balaban J connectivity index is 2.00. The van der Waals surface area contributed by atoms with Gasteiger partial charge in [0.25, 0.3) is 5.91 Å². The third-order valence-corrected chi connectivity index (χ3v) is 9.19. The number of benzene rings is 2. The van der Waals surface area contributed by atoms with Crippen LogP contribution in [0.25, 0.3) is 0 Å². The molecule has 3 rings (SSSR count). The highest BCUT2D eigenvalue weighted by Gasteiger charge is 2.32. The lowest BCUT2D eigenvalue weighted by Crippen LogP contribution is -2.41. The lowest BCUT2D eigenvalue weighted by molar-refractivity contribution is 0.0983. The molecule has 172 valence electrons. The summed E-state index contributed by atoms with van der Waals surface area (Å²) in [5.74, 6) is -0.693. The number of sulfonamides is 1. The van der Waals surface area contributed by atoms with E-state index in [0.717, 1.165) is 11.0 Å². The van der Waals surface area contributed by atoms with E-state index < -0.39 is 31.8 Å². The molecule has 1 atom stereocenters. The van der Waals surface area contributed by atoms with E-state index in [1.807, 2.05) is 6.92 Å². The van der Waals surface area contributed by atoms with E-state index in [9.17, 15) is 21.6 Å². The maximum Gasteiger partial charge on any atom is 0.258 e. The van der Waals surface area contributed by atoms with Crippen LogP contribution in [0.5, 0.6) is 0 Å². The Labute approximate surface area is 194 Å². The fourth-order valence-electron chi connectivity index (χ4n) is 3.53. The van der Waals surface area contributed by atoms with Crippen molar-refractivity contribution in [2.24, 2.45) is 0 Å². The molecule has 1 heterocycles. The molecule has 0 spiro atoms. The van der Waals surface area contributed by atoms with Crippen LogP contribution >= 0.6 is 11.6 Å².